The standard InChI is InChI=1S/C13H18N6O2/c1-4-5-10(12-15-17-18-16-12)14-13(21)11-6-9(8(2)20)7-19(11)3/h6-7,10H,4-5H2,1-3H3,(H,14,21)(H,15,16,17,18)/t10-/m1/s1. The Balaban J connectivity index is 2.17. The molecule has 2 N–H and O–H groups in total. The van der Waals surface area contributed by atoms with Crippen LogP contribution in [-0.2, 0) is 7.05 Å². The average molecular weight is 290 g/mol. The number of nitrogens with one attached hydrogen (secondary N) is 2. The molecule has 0 aliphatic carbocycles. The Morgan fingerprint density at radius 1 is 1.48 bits per heavy atom. The highest BCUT2D eigenvalue weighted by Crippen LogP contribution is 2.15. The lowest BCUT2D eigenvalue weighted by Crippen LogP contribution is -2.30. The van der Waals surface area contributed by atoms with E-state index in [1.54, 1.807) is 23.9 Å². The number of nitrogens with zero attached hydrogens (tertiary/aromatic N) is 4. The minimum atomic E-state index is -0.308. The monoisotopic (exact) mass is 290 g/mol. The van der Waals surface area contributed by atoms with Crippen LogP contribution in [0.15, 0.2) is 12.3 Å². The van der Waals surface area contributed by atoms with E-state index in [4.69, 9.17) is 0 Å². The van der Waals surface area contributed by atoms with Gasteiger partial charge in [-0.2, -0.15) is 5.21 Å². The van der Waals surface area contributed by atoms with E-state index in [-0.39, 0.29) is 17.7 Å². The van der Waals surface area contributed by atoms with Crippen LogP contribution in [-0.4, -0.2) is 36.9 Å². The third kappa shape index (κ3) is 3.33. The maximum atomic E-state index is 12.4. The molecule has 0 unspecified atom stereocenters. The number of tetrazole rings is 1. The lowest BCUT2D eigenvalue weighted by molar-refractivity contribution is 0.0924. The van der Waals surface area contributed by atoms with Gasteiger partial charge in [0.05, 0.1) is 6.04 Å². The largest absolute Gasteiger partial charge is 0.346 e. The van der Waals surface area contributed by atoms with E-state index in [9.17, 15) is 9.59 Å². The summed E-state index contributed by atoms with van der Waals surface area (Å²) in [6.45, 7) is 3.48. The van der Waals surface area contributed by atoms with Crippen LogP contribution in [0.3, 0.4) is 0 Å². The lowest BCUT2D eigenvalue weighted by Gasteiger charge is -2.14. The van der Waals surface area contributed by atoms with Gasteiger partial charge in [-0.05, 0) is 19.4 Å². The third-order valence-corrected chi connectivity index (χ3v) is 3.20. The maximum absolute atomic E-state index is 12.4. The van der Waals surface area contributed by atoms with Crippen molar-refractivity contribution in [3.63, 3.8) is 0 Å². The molecule has 0 aliphatic rings. The number of aryl methyl sites for hydroxylation is 1. The van der Waals surface area contributed by atoms with Crippen molar-refractivity contribution in [3.05, 3.63) is 29.3 Å². The van der Waals surface area contributed by atoms with E-state index in [0.717, 1.165) is 6.42 Å². The molecule has 8 heteroatoms. The first-order chi connectivity index (χ1) is 10.0. The van der Waals surface area contributed by atoms with E-state index in [2.05, 4.69) is 25.9 Å². The molecule has 2 aromatic heterocycles. The van der Waals surface area contributed by atoms with Crippen molar-refractivity contribution in [2.45, 2.75) is 32.7 Å². The molecule has 21 heavy (non-hydrogen) atoms. The number of hydrogen-bond donors (Lipinski definition) is 2. The molecule has 0 aliphatic heterocycles. The van der Waals surface area contributed by atoms with E-state index in [1.807, 2.05) is 6.92 Å². The van der Waals surface area contributed by atoms with E-state index >= 15 is 0 Å². The molecular weight excluding hydrogens is 272 g/mol. The van der Waals surface area contributed by atoms with Gasteiger partial charge in [0.25, 0.3) is 5.91 Å². The summed E-state index contributed by atoms with van der Waals surface area (Å²) in [5.41, 5.74) is 0.930. The molecule has 0 bridgehead atoms. The topological polar surface area (TPSA) is 106 Å². The van der Waals surface area contributed by atoms with Crippen molar-refractivity contribution in [1.82, 2.24) is 30.5 Å². The van der Waals surface area contributed by atoms with Gasteiger partial charge in [-0.3, -0.25) is 9.59 Å². The molecule has 2 heterocycles. The molecule has 2 aromatic rings. The molecule has 112 valence electrons. The second kappa shape index (κ2) is 6.29. The quantitative estimate of drug-likeness (QED) is 0.772. The summed E-state index contributed by atoms with van der Waals surface area (Å²) in [6.07, 6.45) is 3.21. The predicted octanol–water partition coefficient (Wildman–Crippen LogP) is 1.01. The summed E-state index contributed by atoms with van der Waals surface area (Å²) < 4.78 is 1.63. The van der Waals surface area contributed by atoms with Gasteiger partial charge in [0.1, 0.15) is 5.69 Å². The smallest absolute Gasteiger partial charge is 0.268 e. The van der Waals surface area contributed by atoms with Gasteiger partial charge in [-0.25, -0.2) is 0 Å². The fourth-order valence-corrected chi connectivity index (χ4v) is 2.09. The van der Waals surface area contributed by atoms with Crippen LogP contribution in [0.2, 0.25) is 0 Å². The number of H-pyrrole nitrogens is 1. The molecule has 8 nitrogen and oxygen atoms in total. The summed E-state index contributed by atoms with van der Waals surface area (Å²) in [7, 11) is 1.73. The number of amides is 1. The van der Waals surface area contributed by atoms with Crippen molar-refractivity contribution in [3.8, 4) is 0 Å². The molecule has 1 atom stereocenters. The number of aromatic nitrogens is 5. The second-order valence-corrected chi connectivity index (χ2v) is 4.87. The Kier molecular flexibility index (Phi) is 4.46. The highest BCUT2D eigenvalue weighted by atomic mass is 16.2. The highest BCUT2D eigenvalue weighted by molar-refractivity contribution is 5.99. The molecule has 0 radical (unpaired) electrons. The molecule has 0 aromatic carbocycles. The molecule has 0 spiro atoms. The zero-order valence-corrected chi connectivity index (χ0v) is 12.3. The highest BCUT2D eigenvalue weighted by Gasteiger charge is 2.21. The van der Waals surface area contributed by atoms with Crippen LogP contribution in [0, 0.1) is 0 Å². The van der Waals surface area contributed by atoms with Crippen molar-refractivity contribution < 1.29 is 9.59 Å². The summed E-state index contributed by atoms with van der Waals surface area (Å²) >= 11 is 0. The number of ketones is 1. The molecular formula is C13H18N6O2. The van der Waals surface area contributed by atoms with Gasteiger partial charge >= 0.3 is 0 Å². The number of carbonyl (C=O) groups is 2. The molecule has 1 amide bonds. The van der Waals surface area contributed by atoms with Crippen molar-refractivity contribution >= 4 is 11.7 Å². The first-order valence-electron chi connectivity index (χ1n) is 6.74. The van der Waals surface area contributed by atoms with Gasteiger partial charge < -0.3 is 9.88 Å². The Hall–Kier alpha value is -2.51. The van der Waals surface area contributed by atoms with Crippen LogP contribution < -0.4 is 5.32 Å². The Labute approximate surface area is 121 Å². The van der Waals surface area contributed by atoms with Crippen LogP contribution in [0.1, 0.15) is 59.4 Å². The van der Waals surface area contributed by atoms with Crippen molar-refractivity contribution in [2.75, 3.05) is 0 Å². The van der Waals surface area contributed by atoms with Crippen LogP contribution in [0.5, 0.6) is 0 Å². The fourth-order valence-electron chi connectivity index (χ4n) is 2.09. The predicted molar refractivity (Wildman–Crippen MR) is 74.7 cm³/mol. The minimum Gasteiger partial charge on any atom is -0.346 e. The van der Waals surface area contributed by atoms with Gasteiger partial charge in [-0.15, -0.1) is 10.2 Å². The van der Waals surface area contributed by atoms with E-state index in [1.165, 1.54) is 6.92 Å². The van der Waals surface area contributed by atoms with Crippen LogP contribution in [0.4, 0.5) is 0 Å². The van der Waals surface area contributed by atoms with Crippen LogP contribution in [0.25, 0.3) is 0 Å². The summed E-state index contributed by atoms with van der Waals surface area (Å²) in [4.78, 5) is 23.7. The number of rotatable bonds is 6. The summed E-state index contributed by atoms with van der Waals surface area (Å²) in [5, 5.41) is 16.6. The Morgan fingerprint density at radius 3 is 2.76 bits per heavy atom. The Morgan fingerprint density at radius 2 is 2.24 bits per heavy atom. The normalized spacial score (nSPS) is 12.1. The number of Topliss-reactive ketones (excluding diaryl/α,β-unsaturated/α-hetero) is 1. The van der Waals surface area contributed by atoms with Gasteiger partial charge in [0.15, 0.2) is 11.6 Å². The van der Waals surface area contributed by atoms with E-state index in [0.29, 0.717) is 23.5 Å². The maximum Gasteiger partial charge on any atom is 0.268 e. The number of hydrogen-bond acceptors (Lipinski definition) is 5. The average Bonchev–Trinajstić information content (AvgIpc) is 3.07. The summed E-state index contributed by atoms with van der Waals surface area (Å²) in [5.74, 6) is 0.104. The third-order valence-electron chi connectivity index (χ3n) is 3.20. The number of aromatic amines is 1. The molecule has 0 fully saturated rings. The zero-order chi connectivity index (χ0) is 15.4. The van der Waals surface area contributed by atoms with Gasteiger partial charge in [0, 0.05) is 18.8 Å². The van der Waals surface area contributed by atoms with Gasteiger partial charge in [-0.1, -0.05) is 18.6 Å². The minimum absolute atomic E-state index is 0.0760. The van der Waals surface area contributed by atoms with Crippen molar-refractivity contribution in [2.24, 2.45) is 7.05 Å². The molecule has 2 rings (SSSR count). The lowest BCUT2D eigenvalue weighted by atomic mass is 10.1. The first-order valence-corrected chi connectivity index (χ1v) is 6.74. The van der Waals surface area contributed by atoms with Crippen LogP contribution >= 0.6 is 0 Å². The first kappa shape index (κ1) is 14.9. The summed E-state index contributed by atoms with van der Waals surface area (Å²) in [6, 6.07) is 1.27. The SMILES string of the molecule is CCC[C@@H](NC(=O)c1cc(C(C)=O)cn1C)c1nn[nH]n1. The van der Waals surface area contributed by atoms with Crippen molar-refractivity contribution in [1.29, 1.82) is 0 Å². The van der Waals surface area contributed by atoms with E-state index < -0.39 is 0 Å². The second-order valence-electron chi connectivity index (χ2n) is 4.87. The Bertz CT molecular complexity index is 631. The molecule has 0 saturated heterocycles. The van der Waals surface area contributed by atoms with Gasteiger partial charge in [0.2, 0.25) is 0 Å². The number of carbonyl (C=O) groups excluding carboxylic acids is 2. The molecule has 0 saturated carbocycles. The fraction of sp³-hybridized carbons (Fsp3) is 0.462. The zero-order valence-electron chi connectivity index (χ0n) is 12.3.